The van der Waals surface area contributed by atoms with Crippen molar-refractivity contribution in [3.8, 4) is 0 Å². The van der Waals surface area contributed by atoms with Crippen LogP contribution in [-0.2, 0) is 22.4 Å². The molecule has 1 atom stereocenters. The van der Waals surface area contributed by atoms with Gasteiger partial charge in [-0.05, 0) is 41.8 Å². The Morgan fingerprint density at radius 2 is 1.86 bits per heavy atom. The van der Waals surface area contributed by atoms with Gasteiger partial charge in [-0.25, -0.2) is 9.48 Å². The lowest BCUT2D eigenvalue weighted by Gasteiger charge is -2.23. The van der Waals surface area contributed by atoms with Crippen molar-refractivity contribution in [2.24, 2.45) is 0 Å². The summed E-state index contributed by atoms with van der Waals surface area (Å²) in [6.45, 7) is 4.19. The molecule has 0 radical (unpaired) electrons. The van der Waals surface area contributed by atoms with Gasteiger partial charge in [-0.3, -0.25) is 0 Å². The van der Waals surface area contributed by atoms with E-state index in [-0.39, 0.29) is 12.2 Å². The molecule has 1 fully saturated rings. The number of hydrogen-bond donors (Lipinski definition) is 0. The molecule has 1 saturated heterocycles. The van der Waals surface area contributed by atoms with Gasteiger partial charge in [-0.1, -0.05) is 36.4 Å². The van der Waals surface area contributed by atoms with Gasteiger partial charge in [0.1, 0.15) is 5.69 Å². The van der Waals surface area contributed by atoms with Gasteiger partial charge in [-0.15, -0.1) is 5.10 Å². The van der Waals surface area contributed by atoms with Gasteiger partial charge < -0.3 is 14.4 Å². The molecule has 4 rings (SSSR count). The minimum Gasteiger partial charge on any atom is -0.465 e. The summed E-state index contributed by atoms with van der Waals surface area (Å²) >= 11 is 0. The van der Waals surface area contributed by atoms with E-state index in [1.807, 2.05) is 18.3 Å². The summed E-state index contributed by atoms with van der Waals surface area (Å²) in [6, 6.07) is 15.9. The van der Waals surface area contributed by atoms with E-state index >= 15 is 0 Å². The summed E-state index contributed by atoms with van der Waals surface area (Å²) in [5.74, 6) is -0.343. The first kappa shape index (κ1) is 19.1. The topological polar surface area (TPSA) is 69.5 Å². The van der Waals surface area contributed by atoms with Gasteiger partial charge in [0.05, 0.1) is 32.0 Å². The largest absolute Gasteiger partial charge is 0.465 e. The van der Waals surface area contributed by atoms with E-state index in [1.165, 1.54) is 12.7 Å². The SMILES string of the molecule is CCc1ccc(N2CCO[C@H]2c2cn(Cc3ccc(C(=O)OC)cc3)nn2)cc1. The van der Waals surface area contributed by atoms with Crippen LogP contribution in [-0.4, -0.2) is 41.2 Å². The first-order valence-corrected chi connectivity index (χ1v) is 9.72. The van der Waals surface area contributed by atoms with Crippen molar-refractivity contribution >= 4 is 11.7 Å². The molecular weight excluding hydrogens is 368 g/mol. The van der Waals surface area contributed by atoms with Crippen molar-refractivity contribution in [2.45, 2.75) is 26.1 Å². The zero-order chi connectivity index (χ0) is 20.2. The van der Waals surface area contributed by atoms with Crippen molar-refractivity contribution in [3.05, 3.63) is 77.1 Å². The first-order valence-electron chi connectivity index (χ1n) is 9.72. The quantitative estimate of drug-likeness (QED) is 0.600. The van der Waals surface area contributed by atoms with Crippen LogP contribution in [0.2, 0.25) is 0 Å². The average Bonchev–Trinajstić information content (AvgIpc) is 3.43. The van der Waals surface area contributed by atoms with Gasteiger partial charge >= 0.3 is 5.97 Å². The summed E-state index contributed by atoms with van der Waals surface area (Å²) < 4.78 is 12.4. The number of aromatic nitrogens is 3. The second-order valence-corrected chi connectivity index (χ2v) is 6.97. The number of anilines is 1. The maximum Gasteiger partial charge on any atom is 0.337 e. The molecule has 1 aliphatic rings. The summed E-state index contributed by atoms with van der Waals surface area (Å²) in [5, 5.41) is 8.59. The lowest BCUT2D eigenvalue weighted by Crippen LogP contribution is -2.23. The van der Waals surface area contributed by atoms with E-state index < -0.39 is 0 Å². The highest BCUT2D eigenvalue weighted by atomic mass is 16.5. The van der Waals surface area contributed by atoms with Gasteiger partial charge in [-0.2, -0.15) is 0 Å². The molecule has 0 amide bonds. The summed E-state index contributed by atoms with van der Waals surface area (Å²) in [5.41, 5.74) is 4.77. The number of carbonyl (C=O) groups excluding carboxylic acids is 1. The van der Waals surface area contributed by atoms with Gasteiger partial charge in [0.25, 0.3) is 0 Å². The number of aryl methyl sites for hydroxylation is 1. The molecule has 3 aromatic rings. The van der Waals surface area contributed by atoms with Crippen molar-refractivity contribution in [3.63, 3.8) is 0 Å². The average molecular weight is 392 g/mol. The lowest BCUT2D eigenvalue weighted by molar-refractivity contribution is 0.0600. The van der Waals surface area contributed by atoms with E-state index in [1.54, 1.807) is 16.8 Å². The van der Waals surface area contributed by atoms with Gasteiger partial charge in [0, 0.05) is 12.2 Å². The molecule has 0 bridgehead atoms. The lowest BCUT2D eigenvalue weighted by atomic mass is 10.1. The summed E-state index contributed by atoms with van der Waals surface area (Å²) in [7, 11) is 1.37. The van der Waals surface area contributed by atoms with Crippen molar-refractivity contribution in [2.75, 3.05) is 25.2 Å². The third kappa shape index (κ3) is 4.14. The van der Waals surface area contributed by atoms with E-state index in [9.17, 15) is 4.79 Å². The van der Waals surface area contributed by atoms with Crippen LogP contribution in [0.5, 0.6) is 0 Å². The van der Waals surface area contributed by atoms with Crippen molar-refractivity contribution in [1.29, 1.82) is 0 Å². The smallest absolute Gasteiger partial charge is 0.337 e. The Morgan fingerprint density at radius 3 is 2.55 bits per heavy atom. The molecule has 29 heavy (non-hydrogen) atoms. The Bertz CT molecular complexity index is 966. The maximum absolute atomic E-state index is 11.5. The molecule has 1 aliphatic heterocycles. The Labute approximate surface area is 169 Å². The van der Waals surface area contributed by atoms with E-state index in [2.05, 4.69) is 46.4 Å². The minimum atomic E-state index is -0.343. The van der Waals surface area contributed by atoms with Crippen LogP contribution >= 0.6 is 0 Å². The zero-order valence-electron chi connectivity index (χ0n) is 16.6. The highest BCUT2D eigenvalue weighted by molar-refractivity contribution is 5.89. The number of ether oxygens (including phenoxy) is 2. The molecule has 0 saturated carbocycles. The number of methoxy groups -OCH3 is 1. The molecule has 0 N–H and O–H groups in total. The first-order chi connectivity index (χ1) is 14.2. The van der Waals surface area contributed by atoms with Crippen LogP contribution in [0, 0.1) is 0 Å². The standard InChI is InChI=1S/C22H24N4O3/c1-3-16-6-10-19(11-7-16)26-12-13-29-21(26)20-15-25(24-23-20)14-17-4-8-18(9-5-17)22(27)28-2/h4-11,15,21H,3,12-14H2,1-2H3/t21-/m0/s1. The van der Waals surface area contributed by atoms with E-state index in [0.29, 0.717) is 18.7 Å². The van der Waals surface area contributed by atoms with E-state index in [0.717, 1.165) is 29.9 Å². The molecule has 0 spiro atoms. The number of carbonyl (C=O) groups is 1. The summed E-state index contributed by atoms with van der Waals surface area (Å²) in [6.07, 6.45) is 2.70. The van der Waals surface area contributed by atoms with Crippen LogP contribution in [0.3, 0.4) is 0 Å². The monoisotopic (exact) mass is 392 g/mol. The fourth-order valence-electron chi connectivity index (χ4n) is 3.46. The second kappa shape index (κ2) is 8.45. The number of hydrogen-bond acceptors (Lipinski definition) is 6. The number of nitrogens with zero attached hydrogens (tertiary/aromatic N) is 4. The normalized spacial score (nSPS) is 16.2. The minimum absolute atomic E-state index is 0.238. The van der Waals surface area contributed by atoms with E-state index in [4.69, 9.17) is 9.47 Å². The van der Waals surface area contributed by atoms with Gasteiger partial charge in [0.15, 0.2) is 6.23 Å². The highest BCUT2D eigenvalue weighted by Gasteiger charge is 2.29. The van der Waals surface area contributed by atoms with Crippen LogP contribution in [0.25, 0.3) is 0 Å². The summed E-state index contributed by atoms with van der Waals surface area (Å²) in [4.78, 5) is 13.8. The molecule has 7 nitrogen and oxygen atoms in total. The Balaban J connectivity index is 1.47. The highest BCUT2D eigenvalue weighted by Crippen LogP contribution is 2.31. The maximum atomic E-state index is 11.5. The number of benzene rings is 2. The van der Waals surface area contributed by atoms with Crippen molar-refractivity contribution < 1.29 is 14.3 Å². The molecule has 2 heterocycles. The third-order valence-corrected chi connectivity index (χ3v) is 5.10. The van der Waals surface area contributed by atoms with Crippen LogP contribution in [0.1, 0.15) is 40.3 Å². The zero-order valence-corrected chi connectivity index (χ0v) is 16.6. The molecule has 150 valence electrons. The number of rotatable bonds is 6. The third-order valence-electron chi connectivity index (χ3n) is 5.10. The van der Waals surface area contributed by atoms with Gasteiger partial charge in [0.2, 0.25) is 0 Å². The molecule has 0 unspecified atom stereocenters. The molecule has 0 aliphatic carbocycles. The van der Waals surface area contributed by atoms with Crippen LogP contribution < -0.4 is 4.90 Å². The van der Waals surface area contributed by atoms with Crippen molar-refractivity contribution in [1.82, 2.24) is 15.0 Å². The second-order valence-electron chi connectivity index (χ2n) is 6.97. The molecule has 2 aromatic carbocycles. The fraction of sp³-hybridized carbons (Fsp3) is 0.318. The predicted molar refractivity (Wildman–Crippen MR) is 109 cm³/mol. The van der Waals surface area contributed by atoms with Crippen LogP contribution in [0.15, 0.2) is 54.7 Å². The Kier molecular flexibility index (Phi) is 5.57. The Morgan fingerprint density at radius 1 is 1.14 bits per heavy atom. The number of esters is 1. The Hall–Kier alpha value is -3.19. The predicted octanol–water partition coefficient (Wildman–Crippen LogP) is 3.21. The fourth-order valence-corrected chi connectivity index (χ4v) is 3.46. The van der Waals surface area contributed by atoms with Crippen LogP contribution in [0.4, 0.5) is 5.69 Å². The molecule has 7 heteroatoms. The molecule has 1 aromatic heterocycles. The molecular formula is C22H24N4O3.